The van der Waals surface area contributed by atoms with E-state index in [-0.39, 0.29) is 17.4 Å². The summed E-state index contributed by atoms with van der Waals surface area (Å²) in [6.07, 6.45) is 6.41. The molecular formula is C16H30N2O3. The molecule has 2 atom stereocenters. The van der Waals surface area contributed by atoms with Crippen molar-refractivity contribution < 1.29 is 14.3 Å². The predicted molar refractivity (Wildman–Crippen MR) is 82.2 cm³/mol. The summed E-state index contributed by atoms with van der Waals surface area (Å²) < 4.78 is 11.1. The first-order valence-corrected chi connectivity index (χ1v) is 8.45. The van der Waals surface area contributed by atoms with Crippen LogP contribution in [0, 0.1) is 5.41 Å². The molecular weight excluding hydrogens is 268 g/mol. The van der Waals surface area contributed by atoms with Crippen LogP contribution in [0.4, 0.5) is 0 Å². The van der Waals surface area contributed by atoms with E-state index in [2.05, 4.69) is 17.6 Å². The van der Waals surface area contributed by atoms with Crippen molar-refractivity contribution in [3.63, 3.8) is 0 Å². The summed E-state index contributed by atoms with van der Waals surface area (Å²) in [4.78, 5) is 12.4. The van der Waals surface area contributed by atoms with Crippen LogP contribution >= 0.6 is 0 Å². The van der Waals surface area contributed by atoms with Gasteiger partial charge in [-0.15, -0.1) is 0 Å². The van der Waals surface area contributed by atoms with Crippen LogP contribution in [-0.4, -0.2) is 51.5 Å². The summed E-state index contributed by atoms with van der Waals surface area (Å²) in [6.45, 7) is 6.91. The highest BCUT2D eigenvalue weighted by atomic mass is 16.5. The van der Waals surface area contributed by atoms with Crippen LogP contribution in [0.1, 0.15) is 45.4 Å². The van der Waals surface area contributed by atoms with Gasteiger partial charge in [-0.25, -0.2) is 0 Å². The fourth-order valence-corrected chi connectivity index (χ4v) is 3.18. The molecule has 5 nitrogen and oxygen atoms in total. The molecule has 5 heteroatoms. The lowest BCUT2D eigenvalue weighted by Crippen LogP contribution is -2.50. The molecule has 2 aliphatic heterocycles. The number of carbonyl (C=O) groups excluding carboxylic acids is 1. The first-order chi connectivity index (χ1) is 10.3. The minimum atomic E-state index is -0.198. The Bertz CT molecular complexity index is 311. The molecule has 0 bridgehead atoms. The molecule has 0 spiro atoms. The third-order valence-corrected chi connectivity index (χ3v) is 4.71. The fraction of sp³-hybridized carbons (Fsp3) is 0.938. The average Bonchev–Trinajstić information content (AvgIpc) is 3.04. The van der Waals surface area contributed by atoms with E-state index in [1.54, 1.807) is 0 Å². The maximum absolute atomic E-state index is 12.4. The quantitative estimate of drug-likeness (QED) is 0.666. The predicted octanol–water partition coefficient (Wildman–Crippen LogP) is 1.47. The molecule has 2 N–H and O–H groups in total. The van der Waals surface area contributed by atoms with Gasteiger partial charge in [0, 0.05) is 26.3 Å². The van der Waals surface area contributed by atoms with Crippen LogP contribution in [0.5, 0.6) is 0 Å². The first-order valence-electron chi connectivity index (χ1n) is 8.45. The van der Waals surface area contributed by atoms with E-state index in [1.807, 2.05) is 0 Å². The molecule has 0 aromatic rings. The Balaban J connectivity index is 1.55. The van der Waals surface area contributed by atoms with Crippen LogP contribution in [-0.2, 0) is 14.3 Å². The summed E-state index contributed by atoms with van der Waals surface area (Å²) >= 11 is 0. The number of hydrogen-bond acceptors (Lipinski definition) is 4. The van der Waals surface area contributed by atoms with E-state index in [9.17, 15) is 4.79 Å². The first kappa shape index (κ1) is 16.7. The van der Waals surface area contributed by atoms with Crippen molar-refractivity contribution >= 4 is 5.91 Å². The van der Waals surface area contributed by atoms with Crippen molar-refractivity contribution in [2.24, 2.45) is 5.41 Å². The van der Waals surface area contributed by atoms with Crippen molar-refractivity contribution in [2.75, 3.05) is 39.5 Å². The molecule has 21 heavy (non-hydrogen) atoms. The second kappa shape index (κ2) is 8.71. The van der Waals surface area contributed by atoms with Gasteiger partial charge in [-0.1, -0.05) is 6.92 Å². The zero-order chi connectivity index (χ0) is 15.0. The number of nitrogens with one attached hydrogen (secondary N) is 2. The smallest absolute Gasteiger partial charge is 0.227 e. The maximum Gasteiger partial charge on any atom is 0.227 e. The van der Waals surface area contributed by atoms with Gasteiger partial charge in [-0.2, -0.15) is 0 Å². The van der Waals surface area contributed by atoms with Crippen molar-refractivity contribution in [3.8, 4) is 0 Å². The molecule has 0 saturated carbocycles. The van der Waals surface area contributed by atoms with Crippen LogP contribution < -0.4 is 10.6 Å². The van der Waals surface area contributed by atoms with Gasteiger partial charge in [0.15, 0.2) is 0 Å². The zero-order valence-corrected chi connectivity index (χ0v) is 13.3. The van der Waals surface area contributed by atoms with E-state index < -0.39 is 0 Å². The van der Waals surface area contributed by atoms with Crippen LogP contribution in [0.25, 0.3) is 0 Å². The van der Waals surface area contributed by atoms with Crippen molar-refractivity contribution in [2.45, 2.75) is 51.6 Å². The van der Waals surface area contributed by atoms with E-state index in [0.29, 0.717) is 19.8 Å². The maximum atomic E-state index is 12.4. The molecule has 2 fully saturated rings. The molecule has 1 amide bonds. The Labute approximate surface area is 128 Å². The molecule has 0 aromatic carbocycles. The zero-order valence-electron chi connectivity index (χ0n) is 13.3. The number of carbonyl (C=O) groups is 1. The largest absolute Gasteiger partial charge is 0.379 e. The fourth-order valence-electron chi connectivity index (χ4n) is 3.18. The molecule has 2 heterocycles. The third kappa shape index (κ3) is 4.94. The Hall–Kier alpha value is -0.650. The number of hydrogen-bond donors (Lipinski definition) is 2. The summed E-state index contributed by atoms with van der Waals surface area (Å²) in [5, 5.41) is 6.43. The lowest BCUT2D eigenvalue weighted by Gasteiger charge is -2.35. The molecule has 2 aliphatic rings. The van der Waals surface area contributed by atoms with Gasteiger partial charge in [-0.05, 0) is 45.1 Å². The molecule has 0 aliphatic carbocycles. The summed E-state index contributed by atoms with van der Waals surface area (Å²) in [5.41, 5.74) is -0.198. The monoisotopic (exact) mass is 298 g/mol. The van der Waals surface area contributed by atoms with Gasteiger partial charge in [0.05, 0.1) is 18.1 Å². The van der Waals surface area contributed by atoms with Gasteiger partial charge < -0.3 is 20.1 Å². The Morgan fingerprint density at radius 1 is 1.48 bits per heavy atom. The topological polar surface area (TPSA) is 59.6 Å². The minimum absolute atomic E-state index is 0.198. The lowest BCUT2D eigenvalue weighted by atomic mass is 9.77. The SMILES string of the molecule is CCC1(C(=O)NCCCOCC2CCCO2)CCCNC1. The Kier molecular flexibility index (Phi) is 6.93. The van der Waals surface area contributed by atoms with Gasteiger partial charge in [0.25, 0.3) is 0 Å². The number of ether oxygens (including phenoxy) is 2. The second-order valence-electron chi connectivity index (χ2n) is 6.23. The Morgan fingerprint density at radius 3 is 3.05 bits per heavy atom. The molecule has 2 saturated heterocycles. The van der Waals surface area contributed by atoms with E-state index >= 15 is 0 Å². The molecule has 2 rings (SSSR count). The summed E-state index contributed by atoms with van der Waals surface area (Å²) in [5.74, 6) is 0.205. The molecule has 2 unspecified atom stereocenters. The average molecular weight is 298 g/mol. The van der Waals surface area contributed by atoms with Crippen molar-refractivity contribution in [3.05, 3.63) is 0 Å². The highest BCUT2D eigenvalue weighted by Gasteiger charge is 2.37. The van der Waals surface area contributed by atoms with E-state index in [4.69, 9.17) is 9.47 Å². The number of amides is 1. The van der Waals surface area contributed by atoms with Crippen LogP contribution in [0.3, 0.4) is 0 Å². The Morgan fingerprint density at radius 2 is 2.38 bits per heavy atom. The minimum Gasteiger partial charge on any atom is -0.379 e. The molecule has 0 aromatic heterocycles. The van der Waals surface area contributed by atoms with Crippen LogP contribution in [0.15, 0.2) is 0 Å². The summed E-state index contributed by atoms with van der Waals surface area (Å²) in [7, 11) is 0. The van der Waals surface area contributed by atoms with Gasteiger partial charge >= 0.3 is 0 Å². The molecule has 0 radical (unpaired) electrons. The second-order valence-corrected chi connectivity index (χ2v) is 6.23. The standard InChI is InChI=1S/C16H30N2O3/c1-2-16(7-4-8-17-13-16)15(19)18-9-5-10-20-12-14-6-3-11-21-14/h14,17H,2-13H2,1H3,(H,18,19). The third-order valence-electron chi connectivity index (χ3n) is 4.71. The van der Waals surface area contributed by atoms with E-state index in [0.717, 1.165) is 58.2 Å². The number of rotatable bonds is 8. The van der Waals surface area contributed by atoms with Crippen molar-refractivity contribution in [1.82, 2.24) is 10.6 Å². The number of piperidine rings is 1. The van der Waals surface area contributed by atoms with Gasteiger partial charge in [0.2, 0.25) is 5.91 Å². The van der Waals surface area contributed by atoms with Crippen molar-refractivity contribution in [1.29, 1.82) is 0 Å². The van der Waals surface area contributed by atoms with Gasteiger partial charge in [0.1, 0.15) is 0 Å². The summed E-state index contributed by atoms with van der Waals surface area (Å²) in [6, 6.07) is 0. The van der Waals surface area contributed by atoms with E-state index in [1.165, 1.54) is 0 Å². The highest BCUT2D eigenvalue weighted by Crippen LogP contribution is 2.30. The normalized spacial score (nSPS) is 29.5. The van der Waals surface area contributed by atoms with Gasteiger partial charge in [-0.3, -0.25) is 4.79 Å². The lowest BCUT2D eigenvalue weighted by molar-refractivity contribution is -0.132. The molecule has 122 valence electrons. The highest BCUT2D eigenvalue weighted by molar-refractivity contribution is 5.82. The van der Waals surface area contributed by atoms with Crippen LogP contribution in [0.2, 0.25) is 0 Å².